The summed E-state index contributed by atoms with van der Waals surface area (Å²) in [5.74, 6) is 28.7. The lowest BCUT2D eigenvalue weighted by Crippen LogP contribution is -2.09. The second kappa shape index (κ2) is 21.6. The summed E-state index contributed by atoms with van der Waals surface area (Å²) in [6.07, 6.45) is 10.6. The molecule has 0 amide bonds. The minimum Gasteiger partial charge on any atom is -0.143 e. The van der Waals surface area contributed by atoms with Crippen LogP contribution < -0.4 is 0 Å². The molecule has 0 spiro atoms. The van der Waals surface area contributed by atoms with E-state index < -0.39 is 0 Å². The predicted octanol–water partition coefficient (Wildman–Crippen LogP) is 12.7. The van der Waals surface area contributed by atoms with E-state index in [1.54, 1.807) is 0 Å². The second-order valence-corrected chi connectivity index (χ2v) is 15.3. The summed E-state index contributed by atoms with van der Waals surface area (Å²) in [5, 5.41) is 0. The highest BCUT2D eigenvalue weighted by Crippen LogP contribution is 2.31. The first-order valence-electron chi connectivity index (χ1n) is 18.8. The molecule has 5 aromatic rings. The molecular formula is C50H46S4. The third-order valence-electron chi connectivity index (χ3n) is 9.06. The molecule has 0 aromatic heterocycles. The van der Waals surface area contributed by atoms with Crippen LogP contribution >= 0.6 is 50.5 Å². The molecule has 5 rings (SSSR count). The first kappa shape index (κ1) is 40.9. The average Bonchev–Trinajstić information content (AvgIpc) is 3.18. The van der Waals surface area contributed by atoms with Crippen molar-refractivity contribution in [3.8, 4) is 47.4 Å². The van der Waals surface area contributed by atoms with Gasteiger partial charge in [-0.2, -0.15) is 0 Å². The highest BCUT2D eigenvalue weighted by molar-refractivity contribution is 7.80. The molecule has 270 valence electrons. The predicted molar refractivity (Wildman–Crippen MR) is 241 cm³/mol. The smallest absolute Gasteiger partial charge is 0.0453 e. The lowest BCUT2D eigenvalue weighted by atomic mass is 9.82. The van der Waals surface area contributed by atoms with Crippen molar-refractivity contribution >= 4 is 50.5 Å². The van der Waals surface area contributed by atoms with Gasteiger partial charge in [-0.05, 0) is 134 Å². The molecule has 0 aliphatic rings. The van der Waals surface area contributed by atoms with E-state index in [1.807, 2.05) is 97.1 Å². The number of unbranched alkanes of at least 4 members (excludes halogenated alkanes) is 6. The average molecular weight is 775 g/mol. The van der Waals surface area contributed by atoms with Gasteiger partial charge in [0, 0.05) is 64.1 Å². The minimum absolute atomic E-state index is 0.821. The van der Waals surface area contributed by atoms with E-state index in [2.05, 4.69) is 112 Å². The number of hydrogen-bond donors (Lipinski definition) is 4. The van der Waals surface area contributed by atoms with Crippen LogP contribution in [0.5, 0.6) is 0 Å². The Morgan fingerprint density at radius 2 is 0.556 bits per heavy atom. The molecule has 5 aromatic carbocycles. The number of benzene rings is 5. The zero-order valence-electron chi connectivity index (χ0n) is 31.1. The van der Waals surface area contributed by atoms with Crippen LogP contribution in [0.1, 0.15) is 121 Å². The standard InChI is InChI=1S/C50H46S4/c1-3-5-7-9-11-45-47(33-21-37-13-25-41(51)26-14-37)49(35-23-39-17-29-43(53)30-18-39)46(12-10-8-6-4-2)50(36-24-40-19-31-44(54)32-20-40)48(45)34-22-38-15-27-42(52)28-16-38/h13-20,25-32,51-54H,3-12H2,1-2H3. The van der Waals surface area contributed by atoms with Crippen LogP contribution in [0.4, 0.5) is 0 Å². The van der Waals surface area contributed by atoms with Gasteiger partial charge in [0.2, 0.25) is 0 Å². The topological polar surface area (TPSA) is 0 Å². The summed E-state index contributed by atoms with van der Waals surface area (Å²) >= 11 is 18.1. The number of thiol groups is 4. The van der Waals surface area contributed by atoms with Crippen molar-refractivity contribution in [3.05, 3.63) is 153 Å². The maximum absolute atomic E-state index is 4.52. The van der Waals surface area contributed by atoms with Gasteiger partial charge in [0.25, 0.3) is 0 Å². The quantitative estimate of drug-likeness (QED) is 0.0606. The molecule has 0 N–H and O–H groups in total. The van der Waals surface area contributed by atoms with E-state index in [4.69, 9.17) is 0 Å². The van der Waals surface area contributed by atoms with E-state index in [0.717, 1.165) is 127 Å². The fraction of sp³-hybridized carbons (Fsp3) is 0.240. The van der Waals surface area contributed by atoms with Gasteiger partial charge < -0.3 is 0 Å². The summed E-state index contributed by atoms with van der Waals surface area (Å²) in [6.45, 7) is 4.49. The molecule has 0 fully saturated rings. The third kappa shape index (κ3) is 12.4. The van der Waals surface area contributed by atoms with E-state index >= 15 is 0 Å². The van der Waals surface area contributed by atoms with Crippen molar-refractivity contribution in [2.24, 2.45) is 0 Å². The Morgan fingerprint density at radius 3 is 0.778 bits per heavy atom. The fourth-order valence-corrected chi connectivity index (χ4v) is 6.68. The van der Waals surface area contributed by atoms with Crippen LogP contribution in [-0.4, -0.2) is 0 Å². The lowest BCUT2D eigenvalue weighted by molar-refractivity contribution is 0.661. The van der Waals surface area contributed by atoms with Crippen LogP contribution in [0.3, 0.4) is 0 Å². The largest absolute Gasteiger partial charge is 0.143 e. The maximum Gasteiger partial charge on any atom is 0.0453 e. The molecule has 0 radical (unpaired) electrons. The molecule has 0 bridgehead atoms. The molecule has 4 heteroatoms. The van der Waals surface area contributed by atoms with E-state index in [9.17, 15) is 0 Å². The molecule has 0 aliphatic heterocycles. The second-order valence-electron chi connectivity index (χ2n) is 13.3. The van der Waals surface area contributed by atoms with Crippen molar-refractivity contribution < 1.29 is 0 Å². The first-order valence-corrected chi connectivity index (χ1v) is 20.6. The van der Waals surface area contributed by atoms with Gasteiger partial charge in [-0.15, -0.1) is 50.5 Å². The zero-order valence-corrected chi connectivity index (χ0v) is 34.7. The summed E-state index contributed by atoms with van der Waals surface area (Å²) in [7, 11) is 0. The molecular weight excluding hydrogens is 729 g/mol. The summed E-state index contributed by atoms with van der Waals surface area (Å²) < 4.78 is 0. The van der Waals surface area contributed by atoms with Crippen molar-refractivity contribution in [3.63, 3.8) is 0 Å². The Labute approximate surface area is 346 Å². The Balaban J connectivity index is 1.89. The zero-order chi connectivity index (χ0) is 38.1. The van der Waals surface area contributed by atoms with E-state index in [0.29, 0.717) is 0 Å². The molecule has 0 heterocycles. The van der Waals surface area contributed by atoms with Gasteiger partial charge in [-0.25, -0.2) is 0 Å². The van der Waals surface area contributed by atoms with E-state index in [-0.39, 0.29) is 0 Å². The monoisotopic (exact) mass is 774 g/mol. The fourth-order valence-electron chi connectivity index (χ4n) is 6.08. The maximum atomic E-state index is 4.52. The van der Waals surface area contributed by atoms with E-state index in [1.165, 1.54) is 12.8 Å². The molecule has 0 saturated carbocycles. The first-order chi connectivity index (χ1) is 26.3. The SMILES string of the molecule is CCCCCCc1c(C#Cc2ccc(S)cc2)c(C#Cc2ccc(S)cc2)c(CCCCCC)c(C#Cc2ccc(S)cc2)c1C#Cc1ccc(S)cc1. The van der Waals surface area contributed by atoms with Crippen molar-refractivity contribution in [2.75, 3.05) is 0 Å². The van der Waals surface area contributed by atoms with Crippen molar-refractivity contribution in [1.82, 2.24) is 0 Å². The van der Waals surface area contributed by atoms with Crippen LogP contribution in [-0.2, 0) is 12.8 Å². The van der Waals surface area contributed by atoms with Gasteiger partial charge in [0.05, 0.1) is 0 Å². The van der Waals surface area contributed by atoms with Crippen LogP contribution in [0.2, 0.25) is 0 Å². The Morgan fingerprint density at radius 1 is 0.315 bits per heavy atom. The highest BCUT2D eigenvalue weighted by Gasteiger charge is 2.21. The van der Waals surface area contributed by atoms with Gasteiger partial charge in [-0.3, -0.25) is 0 Å². The van der Waals surface area contributed by atoms with Crippen LogP contribution in [0, 0.1) is 47.4 Å². The van der Waals surface area contributed by atoms with Gasteiger partial charge in [0.15, 0.2) is 0 Å². The number of rotatable bonds is 10. The number of hydrogen-bond acceptors (Lipinski definition) is 4. The highest BCUT2D eigenvalue weighted by atomic mass is 32.1. The summed E-state index contributed by atoms with van der Waals surface area (Å²) in [6, 6.07) is 32.0. The minimum atomic E-state index is 0.821. The summed E-state index contributed by atoms with van der Waals surface area (Å²) in [4.78, 5) is 3.61. The van der Waals surface area contributed by atoms with Crippen molar-refractivity contribution in [2.45, 2.75) is 97.6 Å². The summed E-state index contributed by atoms with van der Waals surface area (Å²) in [5.41, 5.74) is 9.73. The normalized spacial score (nSPS) is 10.2. The van der Waals surface area contributed by atoms with Gasteiger partial charge in [0.1, 0.15) is 0 Å². The van der Waals surface area contributed by atoms with Crippen LogP contribution in [0.15, 0.2) is 117 Å². The Kier molecular flexibility index (Phi) is 16.4. The van der Waals surface area contributed by atoms with Gasteiger partial charge in [-0.1, -0.05) is 99.7 Å². The Bertz CT molecular complexity index is 1950. The van der Waals surface area contributed by atoms with Gasteiger partial charge >= 0.3 is 0 Å². The molecule has 54 heavy (non-hydrogen) atoms. The molecule has 0 aliphatic carbocycles. The Hall–Kier alpha value is -4.26. The van der Waals surface area contributed by atoms with Crippen molar-refractivity contribution in [1.29, 1.82) is 0 Å². The molecule has 0 atom stereocenters. The molecule has 0 saturated heterocycles. The lowest BCUT2D eigenvalue weighted by Gasteiger charge is -2.19. The molecule has 0 unspecified atom stereocenters. The molecule has 0 nitrogen and oxygen atoms in total. The van der Waals surface area contributed by atoms with Crippen LogP contribution in [0.25, 0.3) is 0 Å². The third-order valence-corrected chi connectivity index (χ3v) is 10.3.